The Morgan fingerprint density at radius 2 is 2.00 bits per heavy atom. The largest absolute Gasteiger partial charge is 0.463 e. The van der Waals surface area contributed by atoms with Gasteiger partial charge in [-0.15, -0.1) is 0 Å². The van der Waals surface area contributed by atoms with E-state index in [1.54, 1.807) is 12.1 Å². The summed E-state index contributed by atoms with van der Waals surface area (Å²) >= 11 is 15.5. The lowest BCUT2D eigenvalue weighted by Gasteiger charge is -2.19. The average molecular weight is 467 g/mol. The summed E-state index contributed by atoms with van der Waals surface area (Å²) < 4.78 is 12.4. The Balaban J connectivity index is 2.07. The van der Waals surface area contributed by atoms with Gasteiger partial charge in [-0.1, -0.05) is 23.2 Å². The van der Waals surface area contributed by atoms with Crippen LogP contribution in [-0.2, 0) is 14.3 Å². The van der Waals surface area contributed by atoms with E-state index in [2.05, 4.69) is 15.9 Å². The molecule has 0 saturated carbocycles. The molecule has 2 heterocycles. The van der Waals surface area contributed by atoms with Gasteiger partial charge in [0.05, 0.1) is 25.7 Å². The maximum Gasteiger partial charge on any atom is 0.302 e. The zero-order valence-corrected chi connectivity index (χ0v) is 16.5. The van der Waals surface area contributed by atoms with Crippen LogP contribution < -0.4 is 0 Å². The first-order valence-corrected chi connectivity index (χ1v) is 9.09. The Labute approximate surface area is 166 Å². The first kappa shape index (κ1) is 19.6. The number of hydrogen-bond acceptors (Lipinski definition) is 6. The van der Waals surface area contributed by atoms with Gasteiger partial charge < -0.3 is 24.3 Å². The van der Waals surface area contributed by atoms with Crippen molar-refractivity contribution in [3.05, 3.63) is 32.3 Å². The maximum atomic E-state index is 11.5. The van der Waals surface area contributed by atoms with Crippen molar-refractivity contribution in [1.29, 1.82) is 0 Å². The van der Waals surface area contributed by atoms with Gasteiger partial charge in [0.2, 0.25) is 0 Å². The molecule has 26 heavy (non-hydrogen) atoms. The molecule has 1 aromatic heterocycles. The first-order valence-electron chi connectivity index (χ1n) is 7.54. The van der Waals surface area contributed by atoms with E-state index in [0.29, 0.717) is 27.4 Å². The number of aliphatic hydroxyl groups is 2. The number of nitrogens with zero attached hydrogens (tertiary/aromatic N) is 1. The normalized spacial score (nSPS) is 25.6. The molecule has 2 aromatic rings. The molecule has 7 nitrogen and oxygen atoms in total. The average Bonchev–Trinajstić information content (AvgIpc) is 3.00. The van der Waals surface area contributed by atoms with Crippen molar-refractivity contribution in [3.8, 4) is 0 Å². The fourth-order valence-electron chi connectivity index (χ4n) is 2.94. The van der Waals surface area contributed by atoms with Crippen molar-refractivity contribution < 1.29 is 29.3 Å². The second kappa shape index (κ2) is 7.46. The lowest BCUT2D eigenvalue weighted by Crippen LogP contribution is -2.34. The molecule has 1 fully saturated rings. The van der Waals surface area contributed by atoms with E-state index in [9.17, 15) is 19.8 Å². The van der Waals surface area contributed by atoms with E-state index in [1.165, 1.54) is 11.5 Å². The van der Waals surface area contributed by atoms with Gasteiger partial charge in [0.15, 0.2) is 12.5 Å². The standard InChI is InChI=1S/C16H14BrCl2NO6/c1-6(22)25-5-12-13(23)14(24)16(26-12)20-11-3-10(19)9(18)2-7(11)8(4-21)15(20)17/h2-4,12-14,16,23-24H,5H2,1H3/t12-,13-,14-,16-/m1/s1. The van der Waals surface area contributed by atoms with Crippen LogP contribution in [0.15, 0.2) is 16.7 Å². The molecule has 0 radical (unpaired) electrons. The minimum atomic E-state index is -1.32. The fraction of sp³-hybridized carbons (Fsp3) is 0.375. The second-order valence-corrected chi connectivity index (χ2v) is 7.39. The lowest BCUT2D eigenvalue weighted by molar-refractivity contribution is -0.147. The topological polar surface area (TPSA) is 98.0 Å². The van der Waals surface area contributed by atoms with Gasteiger partial charge in [-0.2, -0.15) is 0 Å². The van der Waals surface area contributed by atoms with Gasteiger partial charge in [0.1, 0.15) is 24.9 Å². The first-order chi connectivity index (χ1) is 12.3. The third-order valence-corrected chi connectivity index (χ3v) is 5.71. The molecule has 1 aromatic carbocycles. The fourth-order valence-corrected chi connectivity index (χ4v) is 3.96. The van der Waals surface area contributed by atoms with E-state index < -0.39 is 30.5 Å². The monoisotopic (exact) mass is 465 g/mol. The van der Waals surface area contributed by atoms with Crippen LogP contribution in [0.3, 0.4) is 0 Å². The number of carbonyl (C=O) groups is 2. The van der Waals surface area contributed by atoms with Crippen LogP contribution in [0.25, 0.3) is 10.9 Å². The van der Waals surface area contributed by atoms with Crippen molar-refractivity contribution in [1.82, 2.24) is 4.57 Å². The number of carbonyl (C=O) groups excluding carboxylic acids is 2. The predicted molar refractivity (Wildman–Crippen MR) is 97.6 cm³/mol. The summed E-state index contributed by atoms with van der Waals surface area (Å²) in [6.07, 6.45) is -3.93. The molecule has 0 aliphatic carbocycles. The number of ether oxygens (including phenoxy) is 2. The summed E-state index contributed by atoms with van der Waals surface area (Å²) in [7, 11) is 0. The summed E-state index contributed by atoms with van der Waals surface area (Å²) in [5, 5.41) is 21.7. The number of aromatic nitrogens is 1. The number of aldehydes is 1. The molecular formula is C16H14BrCl2NO6. The molecule has 0 unspecified atom stereocenters. The summed E-state index contributed by atoms with van der Waals surface area (Å²) in [6.45, 7) is 1.02. The highest BCUT2D eigenvalue weighted by molar-refractivity contribution is 9.10. The van der Waals surface area contributed by atoms with Gasteiger partial charge in [-0.3, -0.25) is 9.59 Å². The smallest absolute Gasteiger partial charge is 0.302 e. The van der Waals surface area contributed by atoms with Crippen molar-refractivity contribution in [2.75, 3.05) is 6.61 Å². The van der Waals surface area contributed by atoms with Crippen LogP contribution in [0.5, 0.6) is 0 Å². The summed E-state index contributed by atoms with van der Waals surface area (Å²) in [5.41, 5.74) is 0.782. The Morgan fingerprint density at radius 3 is 2.62 bits per heavy atom. The second-order valence-electron chi connectivity index (χ2n) is 5.82. The minimum absolute atomic E-state index is 0.214. The van der Waals surface area contributed by atoms with E-state index in [4.69, 9.17) is 32.7 Å². The number of halogens is 3. The number of rotatable bonds is 4. The SMILES string of the molecule is CC(=O)OC[C@H]1O[C@@H](n2c(Br)c(C=O)c3cc(Cl)c(Cl)cc32)[C@H](O)[C@@H]1O. The molecule has 1 saturated heterocycles. The number of benzene rings is 1. The Hall–Kier alpha value is -1.16. The van der Waals surface area contributed by atoms with Crippen molar-refractivity contribution in [2.24, 2.45) is 0 Å². The predicted octanol–water partition coefficient (Wildman–Crippen LogP) is 2.71. The highest BCUT2D eigenvalue weighted by atomic mass is 79.9. The molecule has 140 valence electrons. The van der Waals surface area contributed by atoms with Crippen LogP contribution >= 0.6 is 39.1 Å². The van der Waals surface area contributed by atoms with Gasteiger partial charge in [0, 0.05) is 12.3 Å². The van der Waals surface area contributed by atoms with Crippen LogP contribution in [0, 0.1) is 0 Å². The number of esters is 1. The van der Waals surface area contributed by atoms with Crippen LogP contribution in [0.2, 0.25) is 10.0 Å². The molecule has 4 atom stereocenters. The maximum absolute atomic E-state index is 11.5. The highest BCUT2D eigenvalue weighted by Gasteiger charge is 2.45. The molecule has 1 aliphatic rings. The molecular weight excluding hydrogens is 453 g/mol. The quantitative estimate of drug-likeness (QED) is 0.531. The minimum Gasteiger partial charge on any atom is -0.463 e. The third-order valence-electron chi connectivity index (χ3n) is 4.18. The Bertz CT molecular complexity index is 885. The summed E-state index contributed by atoms with van der Waals surface area (Å²) in [6, 6.07) is 3.08. The molecule has 10 heteroatoms. The zero-order chi connectivity index (χ0) is 19.2. The molecule has 0 amide bonds. The highest BCUT2D eigenvalue weighted by Crippen LogP contribution is 2.40. The van der Waals surface area contributed by atoms with Crippen molar-refractivity contribution >= 4 is 62.3 Å². The Morgan fingerprint density at radius 1 is 1.35 bits per heavy atom. The number of aliphatic hydroxyl groups excluding tert-OH is 2. The van der Waals surface area contributed by atoms with Gasteiger partial charge in [0.25, 0.3) is 0 Å². The molecule has 2 N–H and O–H groups in total. The van der Waals surface area contributed by atoms with Gasteiger partial charge in [-0.05, 0) is 28.1 Å². The van der Waals surface area contributed by atoms with Crippen LogP contribution in [0.1, 0.15) is 23.5 Å². The Kier molecular flexibility index (Phi) is 5.62. The molecule has 1 aliphatic heterocycles. The third kappa shape index (κ3) is 3.26. The van der Waals surface area contributed by atoms with E-state index in [1.807, 2.05) is 0 Å². The van der Waals surface area contributed by atoms with Crippen LogP contribution in [0.4, 0.5) is 0 Å². The van der Waals surface area contributed by atoms with Gasteiger partial charge in [-0.25, -0.2) is 0 Å². The molecule has 0 bridgehead atoms. The zero-order valence-electron chi connectivity index (χ0n) is 13.4. The van der Waals surface area contributed by atoms with E-state index in [0.717, 1.165) is 0 Å². The van der Waals surface area contributed by atoms with E-state index >= 15 is 0 Å². The molecule has 0 spiro atoms. The summed E-state index contributed by atoms with van der Waals surface area (Å²) in [5.74, 6) is -0.531. The van der Waals surface area contributed by atoms with Crippen molar-refractivity contribution in [2.45, 2.75) is 31.5 Å². The number of hydrogen-bond donors (Lipinski definition) is 2. The van der Waals surface area contributed by atoms with E-state index in [-0.39, 0.29) is 16.7 Å². The van der Waals surface area contributed by atoms with Crippen molar-refractivity contribution in [3.63, 3.8) is 0 Å². The van der Waals surface area contributed by atoms with Gasteiger partial charge >= 0.3 is 5.97 Å². The summed E-state index contributed by atoms with van der Waals surface area (Å²) in [4.78, 5) is 22.5. The molecule has 3 rings (SSSR count). The number of fused-ring (bicyclic) bond motifs is 1. The lowest BCUT2D eigenvalue weighted by atomic mass is 10.1. The van der Waals surface area contributed by atoms with Crippen LogP contribution in [-0.4, -0.2) is 52.0 Å².